The molecule has 0 radical (unpaired) electrons. The molecule has 0 bridgehead atoms. The molecule has 0 saturated carbocycles. The minimum Gasteiger partial charge on any atom is -0.394 e. The van der Waals surface area contributed by atoms with Crippen LogP contribution in [-0.2, 0) is 16.0 Å². The van der Waals surface area contributed by atoms with Gasteiger partial charge in [0.05, 0.1) is 24.2 Å². The van der Waals surface area contributed by atoms with Crippen molar-refractivity contribution < 1.29 is 50.3 Å². The van der Waals surface area contributed by atoms with Crippen molar-refractivity contribution in [1.82, 2.24) is 4.57 Å². The van der Waals surface area contributed by atoms with E-state index in [-0.39, 0.29) is 0 Å². The molecule has 0 aliphatic carbocycles. The van der Waals surface area contributed by atoms with Crippen molar-refractivity contribution in [3.05, 3.63) is 47.5 Å². The van der Waals surface area contributed by atoms with Gasteiger partial charge in [-0.15, -0.1) is 0 Å². The SMILES string of the molecule is CCn1c2cc(C#C[C@H]3O[C@H](CO)[C@@H](O)[C@H](O)[C@@H]3O)ccc2c2ccc(C#C[C@H]3O[C@H](CO)[C@@H](O)C(O)[C@@H]3O)cc21. The molecule has 2 aromatic carbocycles. The van der Waals surface area contributed by atoms with Crippen LogP contribution in [0.1, 0.15) is 18.1 Å². The number of rotatable bonds is 3. The molecule has 1 unspecified atom stereocenters. The van der Waals surface area contributed by atoms with Crippen molar-refractivity contribution in [2.75, 3.05) is 13.2 Å². The summed E-state index contributed by atoms with van der Waals surface area (Å²) >= 11 is 0. The van der Waals surface area contributed by atoms with Gasteiger partial charge in [-0.3, -0.25) is 0 Å². The lowest BCUT2D eigenvalue weighted by atomic mass is 9.95. The molecule has 10 atom stereocenters. The van der Waals surface area contributed by atoms with E-state index in [0.717, 1.165) is 21.8 Å². The molecule has 1 aromatic heterocycles. The van der Waals surface area contributed by atoms with E-state index >= 15 is 0 Å². The summed E-state index contributed by atoms with van der Waals surface area (Å²) in [5.41, 5.74) is 3.08. The third kappa shape index (κ3) is 5.46. The molecule has 218 valence electrons. The maximum Gasteiger partial charge on any atom is 0.147 e. The lowest BCUT2D eigenvalue weighted by molar-refractivity contribution is -0.214. The number of benzene rings is 2. The topological polar surface area (TPSA) is 185 Å². The molecule has 2 saturated heterocycles. The highest BCUT2D eigenvalue weighted by atomic mass is 16.5. The minimum absolute atomic E-state index is 0.527. The summed E-state index contributed by atoms with van der Waals surface area (Å²) in [5.74, 6) is 11.5. The van der Waals surface area contributed by atoms with E-state index in [1.807, 2.05) is 43.3 Å². The Bertz CT molecular complexity index is 1420. The highest BCUT2D eigenvalue weighted by molar-refractivity contribution is 6.08. The highest BCUT2D eigenvalue weighted by Crippen LogP contribution is 2.31. The molecule has 11 heteroatoms. The molecule has 2 aliphatic heterocycles. The van der Waals surface area contributed by atoms with Gasteiger partial charge in [0.1, 0.15) is 61.0 Å². The number of ether oxygens (including phenoxy) is 2. The summed E-state index contributed by atoms with van der Waals surface area (Å²) in [5, 5.41) is 81.3. The average Bonchev–Trinajstić information content (AvgIpc) is 3.30. The summed E-state index contributed by atoms with van der Waals surface area (Å²) in [6.45, 7) is 1.58. The number of hydrogen-bond donors (Lipinski definition) is 8. The first kappa shape index (κ1) is 29.5. The van der Waals surface area contributed by atoms with Crippen molar-refractivity contribution in [3.8, 4) is 23.7 Å². The van der Waals surface area contributed by atoms with Gasteiger partial charge in [0.15, 0.2) is 0 Å². The minimum atomic E-state index is -1.50. The van der Waals surface area contributed by atoms with Gasteiger partial charge in [-0.25, -0.2) is 0 Å². The predicted molar refractivity (Wildman–Crippen MR) is 146 cm³/mol. The van der Waals surface area contributed by atoms with Crippen molar-refractivity contribution in [2.24, 2.45) is 0 Å². The molecule has 3 heterocycles. The van der Waals surface area contributed by atoms with Gasteiger partial charge >= 0.3 is 0 Å². The van der Waals surface area contributed by atoms with Crippen LogP contribution < -0.4 is 0 Å². The summed E-state index contributed by atoms with van der Waals surface area (Å²) in [4.78, 5) is 0. The Morgan fingerprint density at radius 2 is 1.05 bits per heavy atom. The van der Waals surface area contributed by atoms with Crippen LogP contribution in [-0.4, -0.2) is 120 Å². The third-order valence-corrected chi connectivity index (χ3v) is 7.69. The fraction of sp³-hybridized carbons (Fsp3) is 0.467. The van der Waals surface area contributed by atoms with Crippen molar-refractivity contribution >= 4 is 21.8 Å². The zero-order valence-electron chi connectivity index (χ0n) is 22.2. The summed E-state index contributed by atoms with van der Waals surface area (Å²) < 4.78 is 13.0. The number of aliphatic hydroxyl groups is 8. The van der Waals surface area contributed by atoms with Gasteiger partial charge in [0.25, 0.3) is 0 Å². The zero-order valence-corrected chi connectivity index (χ0v) is 22.2. The third-order valence-electron chi connectivity index (χ3n) is 7.69. The second-order valence-electron chi connectivity index (χ2n) is 10.2. The molecule has 2 aliphatic rings. The van der Waals surface area contributed by atoms with Gasteiger partial charge in [-0.1, -0.05) is 35.8 Å². The summed E-state index contributed by atoms with van der Waals surface area (Å²) in [6.07, 6.45) is -13.0. The molecule has 41 heavy (non-hydrogen) atoms. The van der Waals surface area contributed by atoms with Gasteiger partial charge in [0.2, 0.25) is 0 Å². The zero-order chi connectivity index (χ0) is 29.4. The van der Waals surface area contributed by atoms with Crippen LogP contribution >= 0.6 is 0 Å². The van der Waals surface area contributed by atoms with Crippen LogP contribution in [0.2, 0.25) is 0 Å². The lowest BCUT2D eigenvalue weighted by Gasteiger charge is -2.37. The van der Waals surface area contributed by atoms with E-state index < -0.39 is 74.3 Å². The monoisotopic (exact) mass is 567 g/mol. The van der Waals surface area contributed by atoms with Crippen LogP contribution in [0, 0.1) is 23.7 Å². The van der Waals surface area contributed by atoms with E-state index in [0.29, 0.717) is 17.7 Å². The number of aryl methyl sites for hydroxylation is 1. The molecule has 8 N–H and O–H groups in total. The Balaban J connectivity index is 1.45. The fourth-order valence-corrected chi connectivity index (χ4v) is 5.34. The Morgan fingerprint density at radius 1 is 0.634 bits per heavy atom. The average molecular weight is 568 g/mol. The number of nitrogens with zero attached hydrogens (tertiary/aromatic N) is 1. The van der Waals surface area contributed by atoms with Crippen LogP contribution in [0.5, 0.6) is 0 Å². The molecule has 3 aromatic rings. The lowest BCUT2D eigenvalue weighted by Crippen LogP contribution is -2.58. The first-order chi connectivity index (χ1) is 19.7. The number of aliphatic hydroxyl groups excluding tert-OH is 8. The van der Waals surface area contributed by atoms with Gasteiger partial charge in [-0.05, 0) is 31.2 Å². The van der Waals surface area contributed by atoms with E-state index in [1.54, 1.807) is 0 Å². The molecule has 2 fully saturated rings. The van der Waals surface area contributed by atoms with Crippen LogP contribution in [0.25, 0.3) is 21.8 Å². The number of aromatic nitrogens is 1. The normalized spacial score (nSPS) is 33.7. The second-order valence-corrected chi connectivity index (χ2v) is 10.2. The first-order valence-corrected chi connectivity index (χ1v) is 13.4. The Kier molecular flexibility index (Phi) is 8.66. The van der Waals surface area contributed by atoms with Gasteiger partial charge in [-0.2, -0.15) is 0 Å². The first-order valence-electron chi connectivity index (χ1n) is 13.4. The van der Waals surface area contributed by atoms with Crippen molar-refractivity contribution in [3.63, 3.8) is 0 Å². The molecule has 0 spiro atoms. The van der Waals surface area contributed by atoms with Gasteiger partial charge in [0, 0.05) is 28.4 Å². The summed E-state index contributed by atoms with van der Waals surface area (Å²) in [7, 11) is 0. The smallest absolute Gasteiger partial charge is 0.147 e. The standard InChI is InChI=1S/C30H33NO10/c1-2-31-19-11-15(5-9-21-25(34)29(38)27(36)23(13-32)40-21)3-7-17(19)18-8-4-16(12-20(18)31)6-10-22-26(35)30(39)28(37)24(14-33)41-22/h3-4,7-8,11-12,21-30,32-39H,2,13-14H2,1H3/t21-,22-,23-,24-,25-,26-,27-,28-,29-,30?/m1/s1. The summed E-state index contributed by atoms with van der Waals surface area (Å²) in [6, 6.07) is 11.3. The largest absolute Gasteiger partial charge is 0.394 e. The van der Waals surface area contributed by atoms with Crippen LogP contribution in [0.15, 0.2) is 36.4 Å². The quantitative estimate of drug-likeness (QED) is 0.168. The maximum absolute atomic E-state index is 10.3. The van der Waals surface area contributed by atoms with Crippen molar-refractivity contribution in [2.45, 2.75) is 74.5 Å². The predicted octanol–water partition coefficient (Wildman–Crippen LogP) is -1.80. The number of fused-ring (bicyclic) bond motifs is 3. The number of hydrogen-bond acceptors (Lipinski definition) is 10. The molecule has 11 nitrogen and oxygen atoms in total. The fourth-order valence-electron chi connectivity index (χ4n) is 5.34. The Morgan fingerprint density at radius 3 is 1.41 bits per heavy atom. The Hall–Kier alpha value is -3.04. The Labute approximate surface area is 235 Å². The van der Waals surface area contributed by atoms with Crippen LogP contribution in [0.4, 0.5) is 0 Å². The van der Waals surface area contributed by atoms with E-state index in [2.05, 4.69) is 28.2 Å². The maximum atomic E-state index is 10.3. The van der Waals surface area contributed by atoms with E-state index in [9.17, 15) is 40.9 Å². The molecular weight excluding hydrogens is 534 g/mol. The van der Waals surface area contributed by atoms with Crippen LogP contribution in [0.3, 0.4) is 0 Å². The molecular formula is C30H33NO10. The second kappa shape index (κ2) is 12.1. The molecule has 0 amide bonds. The molecule has 5 rings (SSSR count). The van der Waals surface area contributed by atoms with E-state index in [4.69, 9.17) is 9.47 Å². The van der Waals surface area contributed by atoms with E-state index in [1.165, 1.54) is 0 Å². The van der Waals surface area contributed by atoms with Crippen molar-refractivity contribution in [1.29, 1.82) is 0 Å². The highest BCUT2D eigenvalue weighted by Gasteiger charge is 2.43. The van der Waals surface area contributed by atoms with Gasteiger partial charge < -0.3 is 54.9 Å².